The average Bonchev–Trinajstić information content (AvgIpc) is 3.63. The topological polar surface area (TPSA) is 149 Å². The number of hydrogen-bond acceptors (Lipinski definition) is 5. The summed E-state index contributed by atoms with van der Waals surface area (Å²) in [6, 6.07) is 5.47. The van der Waals surface area contributed by atoms with Crippen molar-refractivity contribution in [3.8, 4) is 5.75 Å². The monoisotopic (exact) mass is 640 g/mol. The first kappa shape index (κ1) is 32.4. The van der Waals surface area contributed by atoms with E-state index in [1.807, 2.05) is 32.9 Å². The second kappa shape index (κ2) is 12.6. The third kappa shape index (κ3) is 5.70. The third-order valence-electron chi connectivity index (χ3n) is 8.16. The molecule has 8 bridgehead atoms. The van der Waals surface area contributed by atoms with E-state index in [1.165, 1.54) is 0 Å². The molecule has 10 heteroatoms. The summed E-state index contributed by atoms with van der Waals surface area (Å²) < 4.78 is 0. The minimum Gasteiger partial charge on any atom is -0.657 e. The Kier molecular flexibility index (Phi) is 9.26. The third-order valence-corrected chi connectivity index (χ3v) is 8.16. The van der Waals surface area contributed by atoms with Gasteiger partial charge in [0.05, 0.1) is 17.1 Å². The van der Waals surface area contributed by atoms with Gasteiger partial charge in [-0.25, -0.2) is 9.97 Å². The van der Waals surface area contributed by atoms with E-state index < -0.39 is 11.9 Å². The SMILES string of the molecule is C=CC1=C(C)c2nc1cc1[n-]c(cc3nc(cc4[n-]c(c(C)c4CCC(=O)O)c2O)C(CCC(=O)O)=C3C)c(C=C)c1C.[Zn]. The van der Waals surface area contributed by atoms with Crippen LogP contribution in [0.5, 0.6) is 5.75 Å². The minimum absolute atomic E-state index is 0. The smallest absolute Gasteiger partial charge is 0.303 e. The number of carbonyl (C=O) groups is 2. The quantitative estimate of drug-likeness (QED) is 0.235. The van der Waals surface area contributed by atoms with Crippen molar-refractivity contribution in [3.63, 3.8) is 0 Å². The molecule has 3 aromatic heterocycles. The van der Waals surface area contributed by atoms with Crippen molar-refractivity contribution in [3.05, 3.63) is 82.5 Å². The predicted molar refractivity (Wildman–Crippen MR) is 168 cm³/mol. The number of aryl methyl sites for hydroxylation is 3. The van der Waals surface area contributed by atoms with Gasteiger partial charge in [0.15, 0.2) is 0 Å². The van der Waals surface area contributed by atoms with Crippen LogP contribution >= 0.6 is 0 Å². The zero-order valence-electron chi connectivity index (χ0n) is 25.3. The fourth-order valence-corrected chi connectivity index (χ4v) is 5.73. The summed E-state index contributed by atoms with van der Waals surface area (Å²) in [6.07, 6.45) is 3.64. The van der Waals surface area contributed by atoms with Crippen LogP contribution in [-0.4, -0.2) is 37.2 Å². The van der Waals surface area contributed by atoms with Gasteiger partial charge in [0, 0.05) is 37.9 Å². The summed E-state index contributed by atoms with van der Waals surface area (Å²) in [6.45, 7) is 15.5. The number of carboxylic acids is 2. The average molecular weight is 642 g/mol. The number of carboxylic acid groups (broad SMARTS) is 2. The summed E-state index contributed by atoms with van der Waals surface area (Å²) >= 11 is 0. The molecule has 0 saturated carbocycles. The maximum Gasteiger partial charge on any atom is 0.303 e. The number of allylic oxidation sites excluding steroid dienone is 5. The van der Waals surface area contributed by atoms with Crippen LogP contribution in [0.3, 0.4) is 0 Å². The van der Waals surface area contributed by atoms with E-state index in [0.717, 1.165) is 33.4 Å². The maximum atomic E-state index is 11.6. The van der Waals surface area contributed by atoms with Gasteiger partial charge in [0.25, 0.3) is 0 Å². The summed E-state index contributed by atoms with van der Waals surface area (Å²) in [4.78, 5) is 42.4. The Morgan fingerprint density at radius 3 is 2.07 bits per heavy atom. The Bertz CT molecular complexity index is 1980. The molecule has 0 radical (unpaired) electrons. The van der Waals surface area contributed by atoms with Crippen LogP contribution in [0.15, 0.2) is 37.4 Å². The first-order valence-electron chi connectivity index (χ1n) is 13.9. The molecular formula is C34H32N4O5Zn-2. The molecule has 0 amide bonds. The van der Waals surface area contributed by atoms with Gasteiger partial charge in [-0.2, -0.15) is 0 Å². The van der Waals surface area contributed by atoms with Crippen LogP contribution < -0.4 is 9.97 Å². The van der Waals surface area contributed by atoms with E-state index >= 15 is 0 Å². The second-order valence-electron chi connectivity index (χ2n) is 10.7. The van der Waals surface area contributed by atoms with Crippen molar-refractivity contribution in [1.29, 1.82) is 0 Å². The predicted octanol–water partition coefficient (Wildman–Crippen LogP) is 6.47. The van der Waals surface area contributed by atoms with Crippen molar-refractivity contribution >= 4 is 62.4 Å². The van der Waals surface area contributed by atoms with Crippen molar-refractivity contribution < 1.29 is 44.4 Å². The molecule has 0 saturated heterocycles. The zero-order chi connectivity index (χ0) is 31.2. The van der Waals surface area contributed by atoms with Gasteiger partial charge < -0.3 is 25.3 Å². The van der Waals surface area contributed by atoms with Crippen LogP contribution in [-0.2, 0) is 35.5 Å². The standard InChI is InChI=1S/C34H34N4O5.Zn/c1-7-20-16(3)24-14-27-21(8-2)18(5)32(37-27)34(43)33-19(6)23(10-12-31(41)42)29(38-33)15-28-22(9-11-30(39)40)17(4)25(36-28)13-26(20)35-24;/h7-8,13-15H,1-2,9-12H2,3-6H3,(H5,35,36,37,38,39,40,41,42,43);/p-2. The Morgan fingerprint density at radius 2 is 1.43 bits per heavy atom. The number of rotatable bonds is 8. The van der Waals surface area contributed by atoms with E-state index in [1.54, 1.807) is 25.1 Å². The molecule has 0 atom stereocenters. The van der Waals surface area contributed by atoms with E-state index in [-0.39, 0.29) is 50.9 Å². The maximum absolute atomic E-state index is 11.6. The Morgan fingerprint density at radius 1 is 0.795 bits per heavy atom. The molecule has 44 heavy (non-hydrogen) atoms. The fourth-order valence-electron chi connectivity index (χ4n) is 5.73. The van der Waals surface area contributed by atoms with Gasteiger partial charge in [-0.15, -0.1) is 16.6 Å². The first-order valence-corrected chi connectivity index (χ1v) is 13.9. The zero-order valence-corrected chi connectivity index (χ0v) is 28.3. The Hall–Kier alpha value is -4.56. The van der Waals surface area contributed by atoms with Gasteiger partial charge >= 0.3 is 11.9 Å². The first-order chi connectivity index (χ1) is 20.4. The number of aliphatic carboxylic acids is 2. The summed E-state index contributed by atoms with van der Waals surface area (Å²) in [5.74, 6) is -2.02. The normalized spacial score (nSPS) is 12.7. The van der Waals surface area contributed by atoms with Crippen LogP contribution in [0.2, 0.25) is 0 Å². The molecule has 3 aromatic rings. The fraction of sp³-hybridized carbons (Fsp3) is 0.235. The second-order valence-corrected chi connectivity index (χ2v) is 10.7. The number of fused-ring (bicyclic) bond motifs is 8. The molecule has 0 aliphatic carbocycles. The molecule has 2 aliphatic heterocycles. The van der Waals surface area contributed by atoms with E-state index in [0.29, 0.717) is 56.0 Å². The summed E-state index contributed by atoms with van der Waals surface area (Å²) in [7, 11) is 0. The molecule has 0 spiro atoms. The van der Waals surface area contributed by atoms with Crippen LogP contribution in [0.1, 0.15) is 78.1 Å². The summed E-state index contributed by atoms with van der Waals surface area (Å²) in [5.41, 5.74) is 10.3. The molecule has 222 valence electrons. The van der Waals surface area contributed by atoms with E-state index in [4.69, 9.17) is 19.9 Å². The summed E-state index contributed by atoms with van der Waals surface area (Å²) in [5, 5.41) is 30.5. The van der Waals surface area contributed by atoms with E-state index in [2.05, 4.69) is 13.2 Å². The minimum atomic E-state index is -0.958. The number of aromatic nitrogens is 4. The molecule has 0 fully saturated rings. The molecule has 2 aliphatic rings. The van der Waals surface area contributed by atoms with Gasteiger partial charge in [0.2, 0.25) is 0 Å². The molecule has 9 nitrogen and oxygen atoms in total. The Labute approximate surface area is 267 Å². The van der Waals surface area contributed by atoms with Gasteiger partial charge in [0.1, 0.15) is 11.4 Å². The van der Waals surface area contributed by atoms with E-state index in [9.17, 15) is 24.9 Å². The molecule has 5 rings (SSSR count). The van der Waals surface area contributed by atoms with Gasteiger partial charge in [-0.1, -0.05) is 65.7 Å². The largest absolute Gasteiger partial charge is 0.657 e. The van der Waals surface area contributed by atoms with Crippen LogP contribution in [0.4, 0.5) is 0 Å². The molecule has 0 aromatic carbocycles. The number of hydrogen-bond donors (Lipinski definition) is 3. The molecular weight excluding hydrogens is 610 g/mol. The van der Waals surface area contributed by atoms with Crippen LogP contribution in [0, 0.1) is 13.8 Å². The van der Waals surface area contributed by atoms with Gasteiger partial charge in [-0.3, -0.25) is 9.59 Å². The van der Waals surface area contributed by atoms with Crippen molar-refractivity contribution in [1.82, 2.24) is 19.9 Å². The molecule has 0 unspecified atom stereocenters. The van der Waals surface area contributed by atoms with Gasteiger partial charge in [-0.05, 0) is 62.8 Å². The van der Waals surface area contributed by atoms with Crippen molar-refractivity contribution in [2.24, 2.45) is 0 Å². The van der Waals surface area contributed by atoms with Crippen molar-refractivity contribution in [2.75, 3.05) is 0 Å². The molecule has 3 N–H and O–H groups in total. The number of aromatic hydroxyl groups is 1. The molecule has 5 heterocycles. The Balaban J connectivity index is 0.00000442. The van der Waals surface area contributed by atoms with Crippen LogP contribution in [0.25, 0.3) is 50.4 Å². The number of nitrogens with zero attached hydrogens (tertiary/aromatic N) is 4. The van der Waals surface area contributed by atoms with Crippen molar-refractivity contribution in [2.45, 2.75) is 53.4 Å².